The average molecular weight is 272 g/mol. The molecule has 20 heavy (non-hydrogen) atoms. The van der Waals surface area contributed by atoms with E-state index in [4.69, 9.17) is 4.74 Å². The Bertz CT molecular complexity index is 531. The molecule has 0 amide bonds. The van der Waals surface area contributed by atoms with Crippen LogP contribution in [0.5, 0.6) is 5.88 Å². The van der Waals surface area contributed by atoms with E-state index in [1.165, 1.54) is 5.56 Å². The summed E-state index contributed by atoms with van der Waals surface area (Å²) in [4.78, 5) is 12.6. The van der Waals surface area contributed by atoms with Crippen molar-refractivity contribution in [1.29, 1.82) is 0 Å². The number of pyridine rings is 1. The summed E-state index contributed by atoms with van der Waals surface area (Å²) >= 11 is 0. The van der Waals surface area contributed by atoms with Crippen LogP contribution in [0, 0.1) is 6.92 Å². The fraction of sp³-hybridized carbons (Fsp3) is 0.400. The van der Waals surface area contributed by atoms with Gasteiger partial charge in [-0.1, -0.05) is 0 Å². The van der Waals surface area contributed by atoms with Crippen LogP contribution in [0.25, 0.3) is 0 Å². The number of aromatic nitrogens is 3. The predicted octanol–water partition coefficient (Wildman–Crippen LogP) is 2.62. The minimum absolute atomic E-state index is 0.622. The summed E-state index contributed by atoms with van der Waals surface area (Å²) in [5.74, 6) is 1.25. The Morgan fingerprint density at radius 1 is 1.20 bits per heavy atom. The molecule has 0 saturated carbocycles. The molecule has 2 aromatic rings. The summed E-state index contributed by atoms with van der Waals surface area (Å²) in [5.41, 5.74) is 2.18. The summed E-state index contributed by atoms with van der Waals surface area (Å²) in [5, 5.41) is 3.10. The lowest BCUT2D eigenvalue weighted by Gasteiger charge is -2.08. The molecule has 2 aromatic heterocycles. The van der Waals surface area contributed by atoms with Crippen molar-refractivity contribution in [3.8, 4) is 5.88 Å². The van der Waals surface area contributed by atoms with Crippen LogP contribution in [0.3, 0.4) is 0 Å². The SMILES string of the molecule is CCNc1nc(C)cc(OCCCc2ccncc2)n1. The lowest BCUT2D eigenvalue weighted by molar-refractivity contribution is 0.299. The second kappa shape index (κ2) is 7.43. The van der Waals surface area contributed by atoms with Gasteiger partial charge in [-0.25, -0.2) is 4.98 Å². The van der Waals surface area contributed by atoms with E-state index in [2.05, 4.69) is 20.3 Å². The fourth-order valence-corrected chi connectivity index (χ4v) is 1.85. The monoisotopic (exact) mass is 272 g/mol. The molecule has 0 aromatic carbocycles. The third-order valence-corrected chi connectivity index (χ3v) is 2.77. The third-order valence-electron chi connectivity index (χ3n) is 2.77. The van der Waals surface area contributed by atoms with Crippen molar-refractivity contribution < 1.29 is 4.74 Å². The molecule has 0 radical (unpaired) electrons. The zero-order chi connectivity index (χ0) is 14.2. The van der Waals surface area contributed by atoms with Gasteiger partial charge in [0.25, 0.3) is 0 Å². The topological polar surface area (TPSA) is 59.9 Å². The highest BCUT2D eigenvalue weighted by Gasteiger charge is 2.02. The number of ether oxygens (including phenoxy) is 1. The molecule has 0 atom stereocenters. The molecule has 106 valence electrons. The Hall–Kier alpha value is -2.17. The molecule has 0 saturated heterocycles. The summed E-state index contributed by atoms with van der Waals surface area (Å²) < 4.78 is 5.69. The number of hydrogen-bond acceptors (Lipinski definition) is 5. The maximum Gasteiger partial charge on any atom is 0.226 e. The van der Waals surface area contributed by atoms with Crippen LogP contribution in [-0.2, 0) is 6.42 Å². The van der Waals surface area contributed by atoms with Crippen LogP contribution in [0.1, 0.15) is 24.6 Å². The van der Waals surface area contributed by atoms with Crippen molar-refractivity contribution in [2.45, 2.75) is 26.7 Å². The van der Waals surface area contributed by atoms with Gasteiger partial charge in [0.1, 0.15) is 0 Å². The van der Waals surface area contributed by atoms with Crippen LogP contribution >= 0.6 is 0 Å². The molecule has 2 rings (SSSR count). The molecule has 0 aliphatic carbocycles. The van der Waals surface area contributed by atoms with Gasteiger partial charge in [-0.3, -0.25) is 4.98 Å². The van der Waals surface area contributed by atoms with E-state index >= 15 is 0 Å². The molecule has 0 unspecified atom stereocenters. The molecule has 0 bridgehead atoms. The quantitative estimate of drug-likeness (QED) is 0.785. The van der Waals surface area contributed by atoms with E-state index in [0.29, 0.717) is 18.4 Å². The van der Waals surface area contributed by atoms with Crippen molar-refractivity contribution in [1.82, 2.24) is 15.0 Å². The first-order valence-corrected chi connectivity index (χ1v) is 6.89. The van der Waals surface area contributed by atoms with Gasteiger partial charge in [-0.05, 0) is 44.4 Å². The van der Waals surface area contributed by atoms with Crippen molar-refractivity contribution >= 4 is 5.95 Å². The zero-order valence-corrected chi connectivity index (χ0v) is 12.0. The van der Waals surface area contributed by atoms with Gasteiger partial charge in [0.15, 0.2) is 0 Å². The molecule has 0 spiro atoms. The molecular formula is C15H20N4O. The molecule has 2 heterocycles. The smallest absolute Gasteiger partial charge is 0.226 e. The minimum Gasteiger partial charge on any atom is -0.478 e. The molecule has 0 aliphatic heterocycles. The van der Waals surface area contributed by atoms with Crippen molar-refractivity contribution in [3.63, 3.8) is 0 Å². The van der Waals surface area contributed by atoms with Gasteiger partial charge < -0.3 is 10.1 Å². The molecule has 5 heteroatoms. The second-order valence-corrected chi connectivity index (χ2v) is 4.51. The third kappa shape index (κ3) is 4.50. The largest absolute Gasteiger partial charge is 0.478 e. The lowest BCUT2D eigenvalue weighted by atomic mass is 10.1. The van der Waals surface area contributed by atoms with Crippen LogP contribution in [-0.4, -0.2) is 28.1 Å². The first-order valence-electron chi connectivity index (χ1n) is 6.89. The average Bonchev–Trinajstić information content (AvgIpc) is 2.45. The molecule has 5 nitrogen and oxygen atoms in total. The first-order chi connectivity index (χ1) is 9.78. The van der Waals surface area contributed by atoms with E-state index in [0.717, 1.165) is 25.1 Å². The first kappa shape index (κ1) is 14.2. The van der Waals surface area contributed by atoms with E-state index < -0.39 is 0 Å². The Balaban J connectivity index is 1.81. The van der Waals surface area contributed by atoms with Gasteiger partial charge in [0.05, 0.1) is 6.61 Å². The minimum atomic E-state index is 0.622. The predicted molar refractivity (Wildman–Crippen MR) is 79.0 cm³/mol. The van der Waals surface area contributed by atoms with Gasteiger partial charge in [-0.2, -0.15) is 4.98 Å². The van der Waals surface area contributed by atoms with E-state index in [1.807, 2.05) is 44.4 Å². The van der Waals surface area contributed by atoms with Gasteiger partial charge in [-0.15, -0.1) is 0 Å². The Labute approximate surface area is 119 Å². The zero-order valence-electron chi connectivity index (χ0n) is 12.0. The lowest BCUT2D eigenvalue weighted by Crippen LogP contribution is -2.06. The van der Waals surface area contributed by atoms with Crippen LogP contribution in [0.4, 0.5) is 5.95 Å². The van der Waals surface area contributed by atoms with Gasteiger partial charge >= 0.3 is 0 Å². The number of rotatable bonds is 7. The van der Waals surface area contributed by atoms with Gasteiger partial charge in [0, 0.05) is 30.7 Å². The van der Waals surface area contributed by atoms with E-state index in [9.17, 15) is 0 Å². The van der Waals surface area contributed by atoms with Crippen LogP contribution in [0.2, 0.25) is 0 Å². The summed E-state index contributed by atoms with van der Waals surface area (Å²) in [6.45, 7) is 5.39. The highest BCUT2D eigenvalue weighted by molar-refractivity contribution is 5.30. The maximum atomic E-state index is 5.69. The summed E-state index contributed by atoms with van der Waals surface area (Å²) in [6.07, 6.45) is 5.55. The highest BCUT2D eigenvalue weighted by Crippen LogP contribution is 2.12. The number of hydrogen-bond donors (Lipinski definition) is 1. The standard InChI is InChI=1S/C15H20N4O/c1-3-17-15-18-12(2)11-14(19-15)20-10-4-5-13-6-8-16-9-7-13/h6-9,11H,3-5,10H2,1-2H3,(H,17,18,19). The molecular weight excluding hydrogens is 252 g/mol. The van der Waals surface area contributed by atoms with Gasteiger partial charge in [0.2, 0.25) is 11.8 Å². The summed E-state index contributed by atoms with van der Waals surface area (Å²) in [7, 11) is 0. The molecule has 0 fully saturated rings. The number of nitrogens with zero attached hydrogens (tertiary/aromatic N) is 3. The number of anilines is 1. The second-order valence-electron chi connectivity index (χ2n) is 4.51. The van der Waals surface area contributed by atoms with Crippen LogP contribution in [0.15, 0.2) is 30.6 Å². The Morgan fingerprint density at radius 2 is 2.00 bits per heavy atom. The van der Waals surface area contributed by atoms with Crippen molar-refractivity contribution in [2.75, 3.05) is 18.5 Å². The van der Waals surface area contributed by atoms with E-state index in [1.54, 1.807) is 0 Å². The Kier molecular flexibility index (Phi) is 5.29. The van der Waals surface area contributed by atoms with Crippen LogP contribution < -0.4 is 10.1 Å². The Morgan fingerprint density at radius 3 is 2.75 bits per heavy atom. The van der Waals surface area contributed by atoms with Crippen molar-refractivity contribution in [2.24, 2.45) is 0 Å². The fourth-order valence-electron chi connectivity index (χ4n) is 1.85. The van der Waals surface area contributed by atoms with Crippen molar-refractivity contribution in [3.05, 3.63) is 41.9 Å². The molecule has 1 N–H and O–H groups in total. The molecule has 0 aliphatic rings. The highest BCUT2D eigenvalue weighted by atomic mass is 16.5. The number of nitrogens with one attached hydrogen (secondary N) is 1. The number of aryl methyl sites for hydroxylation is 2. The summed E-state index contributed by atoms with van der Waals surface area (Å²) in [6, 6.07) is 5.91. The normalized spacial score (nSPS) is 10.3. The van der Waals surface area contributed by atoms with E-state index in [-0.39, 0.29) is 0 Å². The maximum absolute atomic E-state index is 5.69.